The van der Waals surface area contributed by atoms with Crippen LogP contribution in [0.4, 0.5) is 0 Å². The standard InChI is InChI=1S/C13H24N2O2.ClH/c1-9-8-17-10(2)7-15(9)13(16)11-4-3-5-12(14)6-11;/h9-12H,3-8,14H2,1-2H3;1H. The van der Waals surface area contributed by atoms with Gasteiger partial charge < -0.3 is 15.4 Å². The zero-order chi connectivity index (χ0) is 12.4. The van der Waals surface area contributed by atoms with E-state index in [9.17, 15) is 4.79 Å². The van der Waals surface area contributed by atoms with E-state index in [1.807, 2.05) is 11.8 Å². The fourth-order valence-electron chi connectivity index (χ4n) is 2.90. The molecular weight excluding hydrogens is 252 g/mol. The molecule has 1 heterocycles. The van der Waals surface area contributed by atoms with Gasteiger partial charge in [0.1, 0.15) is 0 Å². The van der Waals surface area contributed by atoms with Crippen molar-refractivity contribution in [2.24, 2.45) is 11.7 Å². The minimum atomic E-state index is 0. The van der Waals surface area contributed by atoms with Gasteiger partial charge in [-0.2, -0.15) is 0 Å². The van der Waals surface area contributed by atoms with Crippen molar-refractivity contribution >= 4 is 18.3 Å². The van der Waals surface area contributed by atoms with Crippen molar-refractivity contribution in [2.45, 2.75) is 57.7 Å². The molecule has 1 aliphatic carbocycles. The van der Waals surface area contributed by atoms with E-state index >= 15 is 0 Å². The van der Waals surface area contributed by atoms with Gasteiger partial charge in [-0.15, -0.1) is 12.4 Å². The fourth-order valence-corrected chi connectivity index (χ4v) is 2.90. The number of ether oxygens (including phenoxy) is 1. The van der Waals surface area contributed by atoms with Gasteiger partial charge in [0, 0.05) is 18.5 Å². The first-order valence-corrected chi connectivity index (χ1v) is 6.75. The minimum absolute atomic E-state index is 0. The van der Waals surface area contributed by atoms with Crippen LogP contribution in [0.2, 0.25) is 0 Å². The maximum absolute atomic E-state index is 12.5. The number of halogens is 1. The van der Waals surface area contributed by atoms with Crippen LogP contribution in [0.3, 0.4) is 0 Å². The fraction of sp³-hybridized carbons (Fsp3) is 0.923. The zero-order valence-corrected chi connectivity index (χ0v) is 12.1. The second-order valence-electron chi connectivity index (χ2n) is 5.61. The second kappa shape index (κ2) is 6.73. The van der Waals surface area contributed by atoms with Crippen LogP contribution in [0.5, 0.6) is 0 Å². The van der Waals surface area contributed by atoms with Gasteiger partial charge >= 0.3 is 0 Å². The first-order valence-electron chi connectivity index (χ1n) is 6.75. The number of nitrogens with zero attached hydrogens (tertiary/aromatic N) is 1. The summed E-state index contributed by atoms with van der Waals surface area (Å²) in [7, 11) is 0. The molecule has 0 bridgehead atoms. The molecule has 1 saturated carbocycles. The van der Waals surface area contributed by atoms with Crippen LogP contribution in [0.15, 0.2) is 0 Å². The average Bonchev–Trinajstić information content (AvgIpc) is 2.31. The van der Waals surface area contributed by atoms with Crippen molar-refractivity contribution < 1.29 is 9.53 Å². The highest BCUT2D eigenvalue weighted by Gasteiger charge is 2.33. The highest BCUT2D eigenvalue weighted by atomic mass is 35.5. The maximum atomic E-state index is 12.5. The first kappa shape index (κ1) is 15.7. The summed E-state index contributed by atoms with van der Waals surface area (Å²) in [5.74, 6) is 0.439. The molecule has 5 heteroatoms. The predicted octanol–water partition coefficient (Wildman–Crippen LogP) is 1.56. The number of carbonyl (C=O) groups is 1. The largest absolute Gasteiger partial charge is 0.375 e. The Hall–Kier alpha value is -0.320. The van der Waals surface area contributed by atoms with Gasteiger partial charge in [0.25, 0.3) is 0 Å². The van der Waals surface area contributed by atoms with Gasteiger partial charge in [-0.05, 0) is 33.1 Å². The molecule has 18 heavy (non-hydrogen) atoms. The lowest BCUT2D eigenvalue weighted by Gasteiger charge is -2.40. The molecule has 106 valence electrons. The molecule has 0 aromatic carbocycles. The molecule has 1 aliphatic heterocycles. The third-order valence-corrected chi connectivity index (χ3v) is 3.95. The van der Waals surface area contributed by atoms with Gasteiger partial charge in [0.05, 0.1) is 18.8 Å². The predicted molar refractivity (Wildman–Crippen MR) is 73.8 cm³/mol. The van der Waals surface area contributed by atoms with Crippen molar-refractivity contribution in [2.75, 3.05) is 13.2 Å². The van der Waals surface area contributed by atoms with Crippen molar-refractivity contribution in [1.82, 2.24) is 4.90 Å². The molecule has 1 saturated heterocycles. The lowest BCUT2D eigenvalue weighted by molar-refractivity contribution is -0.148. The lowest BCUT2D eigenvalue weighted by Crippen LogP contribution is -2.53. The Labute approximate surface area is 116 Å². The molecule has 4 atom stereocenters. The number of nitrogens with two attached hydrogens (primary N) is 1. The molecule has 0 aromatic rings. The lowest BCUT2D eigenvalue weighted by atomic mass is 9.85. The smallest absolute Gasteiger partial charge is 0.226 e. The molecule has 4 nitrogen and oxygen atoms in total. The van der Waals surface area contributed by atoms with E-state index in [0.29, 0.717) is 12.5 Å². The van der Waals surface area contributed by atoms with Crippen molar-refractivity contribution in [3.63, 3.8) is 0 Å². The highest BCUT2D eigenvalue weighted by molar-refractivity contribution is 5.85. The van der Waals surface area contributed by atoms with Crippen LogP contribution in [0.25, 0.3) is 0 Å². The Morgan fingerprint density at radius 3 is 2.72 bits per heavy atom. The zero-order valence-electron chi connectivity index (χ0n) is 11.3. The van der Waals surface area contributed by atoms with Gasteiger partial charge in [0.2, 0.25) is 5.91 Å². The minimum Gasteiger partial charge on any atom is -0.375 e. The van der Waals surface area contributed by atoms with Gasteiger partial charge in [-0.1, -0.05) is 6.42 Å². The molecule has 4 unspecified atom stereocenters. The summed E-state index contributed by atoms with van der Waals surface area (Å²) >= 11 is 0. The van der Waals surface area contributed by atoms with Crippen LogP contribution in [-0.2, 0) is 9.53 Å². The Balaban J connectivity index is 0.00000162. The average molecular weight is 277 g/mol. The summed E-state index contributed by atoms with van der Waals surface area (Å²) in [5.41, 5.74) is 5.96. The molecule has 2 rings (SSSR count). The summed E-state index contributed by atoms with van der Waals surface area (Å²) in [6.45, 7) is 5.47. The summed E-state index contributed by atoms with van der Waals surface area (Å²) in [6.07, 6.45) is 4.18. The van der Waals surface area contributed by atoms with E-state index < -0.39 is 0 Å². The van der Waals surface area contributed by atoms with Crippen LogP contribution in [0, 0.1) is 5.92 Å². The number of hydrogen-bond acceptors (Lipinski definition) is 3. The molecular formula is C13H25ClN2O2. The summed E-state index contributed by atoms with van der Waals surface area (Å²) in [4.78, 5) is 14.5. The SMILES string of the molecule is CC1CN(C(=O)C2CCCC(N)C2)C(C)CO1.Cl. The van der Waals surface area contributed by atoms with Crippen LogP contribution < -0.4 is 5.73 Å². The monoisotopic (exact) mass is 276 g/mol. The van der Waals surface area contributed by atoms with Gasteiger partial charge in [-0.25, -0.2) is 0 Å². The Bertz CT molecular complexity index is 288. The first-order chi connectivity index (χ1) is 8.08. The van der Waals surface area contributed by atoms with Crippen LogP contribution in [-0.4, -0.2) is 42.1 Å². The molecule has 1 amide bonds. The van der Waals surface area contributed by atoms with E-state index in [1.54, 1.807) is 0 Å². The van der Waals surface area contributed by atoms with Crippen molar-refractivity contribution in [3.8, 4) is 0 Å². The topological polar surface area (TPSA) is 55.6 Å². The Kier molecular flexibility index (Phi) is 5.89. The molecule has 2 fully saturated rings. The van der Waals surface area contributed by atoms with Gasteiger partial charge in [-0.3, -0.25) is 4.79 Å². The third kappa shape index (κ3) is 3.59. The molecule has 2 aliphatic rings. The summed E-state index contributed by atoms with van der Waals surface area (Å²) in [6, 6.07) is 0.420. The second-order valence-corrected chi connectivity index (χ2v) is 5.61. The third-order valence-electron chi connectivity index (χ3n) is 3.95. The summed E-state index contributed by atoms with van der Waals surface area (Å²) in [5, 5.41) is 0. The maximum Gasteiger partial charge on any atom is 0.226 e. The molecule has 0 radical (unpaired) electrons. The van der Waals surface area contributed by atoms with E-state index in [4.69, 9.17) is 10.5 Å². The van der Waals surface area contributed by atoms with E-state index in [-0.39, 0.29) is 36.5 Å². The molecule has 2 N–H and O–H groups in total. The van der Waals surface area contributed by atoms with Crippen molar-refractivity contribution in [1.29, 1.82) is 0 Å². The summed E-state index contributed by atoms with van der Waals surface area (Å²) < 4.78 is 5.56. The number of amides is 1. The van der Waals surface area contributed by atoms with E-state index in [0.717, 1.165) is 32.2 Å². The highest BCUT2D eigenvalue weighted by Crippen LogP contribution is 2.26. The quantitative estimate of drug-likeness (QED) is 0.791. The molecule has 0 aromatic heterocycles. The van der Waals surface area contributed by atoms with Crippen molar-refractivity contribution in [3.05, 3.63) is 0 Å². The van der Waals surface area contributed by atoms with E-state index in [2.05, 4.69) is 6.92 Å². The number of morpholine rings is 1. The van der Waals surface area contributed by atoms with Crippen LogP contribution in [0.1, 0.15) is 39.5 Å². The Morgan fingerprint density at radius 2 is 2.06 bits per heavy atom. The number of rotatable bonds is 1. The van der Waals surface area contributed by atoms with E-state index in [1.165, 1.54) is 0 Å². The van der Waals surface area contributed by atoms with Gasteiger partial charge in [0.15, 0.2) is 0 Å². The number of hydrogen-bond donors (Lipinski definition) is 1. The molecule has 0 spiro atoms. The van der Waals surface area contributed by atoms with Crippen LogP contribution >= 0.6 is 12.4 Å². The Morgan fingerprint density at radius 1 is 1.33 bits per heavy atom. The normalized spacial score (nSPS) is 36.9. The number of carbonyl (C=O) groups excluding carboxylic acids is 1.